The molecule has 2 atom stereocenters. The molecule has 1 fully saturated rings. The lowest BCUT2D eigenvalue weighted by Crippen LogP contribution is -2.41. The minimum absolute atomic E-state index is 0.190. The third-order valence-electron chi connectivity index (χ3n) is 5.88. The molecule has 1 saturated heterocycles. The average Bonchev–Trinajstić information content (AvgIpc) is 3.35. The van der Waals surface area contributed by atoms with E-state index in [0.717, 1.165) is 30.0 Å². The molecule has 0 spiro atoms. The highest BCUT2D eigenvalue weighted by atomic mass is 32.1. The van der Waals surface area contributed by atoms with Crippen molar-refractivity contribution in [2.75, 3.05) is 27.3 Å². The first kappa shape index (κ1) is 21.4. The second kappa shape index (κ2) is 8.75. The zero-order chi connectivity index (χ0) is 22.1. The van der Waals surface area contributed by atoms with Gasteiger partial charge in [-0.3, -0.25) is 14.5 Å². The van der Waals surface area contributed by atoms with Gasteiger partial charge in [-0.25, -0.2) is 0 Å². The van der Waals surface area contributed by atoms with Gasteiger partial charge >= 0.3 is 0 Å². The van der Waals surface area contributed by atoms with E-state index in [1.165, 1.54) is 16.2 Å². The monoisotopic (exact) mass is 440 g/mol. The summed E-state index contributed by atoms with van der Waals surface area (Å²) >= 11 is 1.49. The first-order chi connectivity index (χ1) is 14.9. The van der Waals surface area contributed by atoms with Crippen LogP contribution in [0.1, 0.15) is 30.7 Å². The van der Waals surface area contributed by atoms with Crippen LogP contribution in [0.25, 0.3) is 5.57 Å². The highest BCUT2D eigenvalue weighted by molar-refractivity contribution is 7.11. The smallest absolute Gasteiger partial charge is 0.278 e. The number of nitrogens with zero attached hydrogens (tertiary/aromatic N) is 2. The fourth-order valence-electron chi connectivity index (χ4n) is 4.65. The van der Waals surface area contributed by atoms with Crippen molar-refractivity contribution in [1.29, 1.82) is 0 Å². The summed E-state index contributed by atoms with van der Waals surface area (Å²) in [6, 6.07) is 9.30. The molecule has 31 heavy (non-hydrogen) atoms. The molecule has 7 heteroatoms. The summed E-state index contributed by atoms with van der Waals surface area (Å²) in [7, 11) is 3.15. The lowest BCUT2D eigenvalue weighted by molar-refractivity contribution is -0.138. The van der Waals surface area contributed by atoms with Crippen LogP contribution in [0.5, 0.6) is 11.5 Å². The number of thiophene rings is 1. The number of hydrogen-bond acceptors (Lipinski definition) is 6. The summed E-state index contributed by atoms with van der Waals surface area (Å²) in [6.45, 7) is 6.18. The first-order valence-corrected chi connectivity index (χ1v) is 11.4. The standard InChI is InChI=1S/C24H28N2O4S/c1-15-10-16(2)13-25(12-15)22-21(20-6-5-9-31-20)23(27)26(24(22)28)14-17-7-8-18(29-3)19(11-17)30-4/h5-9,11,15-16H,10,12-14H2,1-4H3. The van der Waals surface area contributed by atoms with Crippen molar-refractivity contribution in [2.24, 2.45) is 11.8 Å². The Kier molecular flexibility index (Phi) is 6.05. The fraction of sp³-hybridized carbons (Fsp3) is 0.417. The number of piperidine rings is 1. The predicted molar refractivity (Wildman–Crippen MR) is 121 cm³/mol. The molecule has 2 amide bonds. The summed E-state index contributed by atoms with van der Waals surface area (Å²) in [4.78, 5) is 31.4. The van der Waals surface area contributed by atoms with Gasteiger partial charge in [0.05, 0.1) is 26.3 Å². The topological polar surface area (TPSA) is 59.1 Å². The van der Waals surface area contributed by atoms with Crippen LogP contribution in [0.15, 0.2) is 41.4 Å². The number of benzene rings is 1. The number of methoxy groups -OCH3 is 2. The summed E-state index contributed by atoms with van der Waals surface area (Å²) in [5, 5.41) is 1.94. The minimum Gasteiger partial charge on any atom is -0.493 e. The van der Waals surface area contributed by atoms with Gasteiger partial charge in [0.25, 0.3) is 11.8 Å². The van der Waals surface area contributed by atoms with Gasteiger partial charge in [-0.05, 0) is 47.4 Å². The molecule has 2 aromatic rings. The number of hydrogen-bond donors (Lipinski definition) is 0. The number of ether oxygens (including phenoxy) is 2. The average molecular weight is 441 g/mol. The zero-order valence-corrected chi connectivity index (χ0v) is 19.2. The molecule has 0 bridgehead atoms. The molecular weight excluding hydrogens is 412 g/mol. The van der Waals surface area contributed by atoms with Crippen LogP contribution in [-0.4, -0.2) is 48.9 Å². The van der Waals surface area contributed by atoms with E-state index in [2.05, 4.69) is 18.7 Å². The Morgan fingerprint density at radius 2 is 1.71 bits per heavy atom. The molecule has 3 heterocycles. The Bertz CT molecular complexity index is 1000. The molecule has 164 valence electrons. The lowest BCUT2D eigenvalue weighted by Gasteiger charge is -2.37. The summed E-state index contributed by atoms with van der Waals surface area (Å²) in [6.07, 6.45) is 1.13. The number of likely N-dealkylation sites (tertiary alicyclic amines) is 1. The molecule has 2 aliphatic rings. The van der Waals surface area contributed by atoms with Gasteiger partial charge in [-0.2, -0.15) is 0 Å². The van der Waals surface area contributed by atoms with E-state index in [-0.39, 0.29) is 18.4 Å². The molecule has 1 aromatic carbocycles. The molecule has 1 aromatic heterocycles. The molecule has 0 radical (unpaired) electrons. The maximum atomic E-state index is 13.6. The van der Waals surface area contributed by atoms with Crippen LogP contribution >= 0.6 is 11.3 Å². The largest absolute Gasteiger partial charge is 0.493 e. The first-order valence-electron chi connectivity index (χ1n) is 10.5. The van der Waals surface area contributed by atoms with Gasteiger partial charge < -0.3 is 14.4 Å². The van der Waals surface area contributed by atoms with Crippen LogP contribution in [0.3, 0.4) is 0 Å². The number of imide groups is 1. The highest BCUT2D eigenvalue weighted by Crippen LogP contribution is 2.37. The molecule has 0 aliphatic carbocycles. The maximum absolute atomic E-state index is 13.6. The van der Waals surface area contributed by atoms with Crippen molar-refractivity contribution in [1.82, 2.24) is 9.80 Å². The SMILES string of the molecule is COc1ccc(CN2C(=O)C(c3cccs3)=C(N3CC(C)CC(C)C3)C2=O)cc1OC. The van der Waals surface area contributed by atoms with Crippen molar-refractivity contribution in [2.45, 2.75) is 26.8 Å². The Hall–Kier alpha value is -2.80. The van der Waals surface area contributed by atoms with E-state index in [0.29, 0.717) is 34.6 Å². The molecule has 6 nitrogen and oxygen atoms in total. The van der Waals surface area contributed by atoms with E-state index in [4.69, 9.17) is 9.47 Å². The molecule has 4 rings (SSSR count). The normalized spacial score (nSPS) is 21.8. The Labute approximate surface area is 187 Å². The summed E-state index contributed by atoms with van der Waals surface area (Å²) in [5.74, 6) is 1.68. The van der Waals surface area contributed by atoms with Gasteiger partial charge in [-0.1, -0.05) is 26.0 Å². The molecular formula is C24H28N2O4S. The van der Waals surface area contributed by atoms with E-state index in [1.807, 2.05) is 29.6 Å². The second-order valence-corrected chi connectivity index (χ2v) is 9.39. The molecule has 0 saturated carbocycles. The fourth-order valence-corrected chi connectivity index (χ4v) is 5.41. The number of rotatable bonds is 6. The van der Waals surface area contributed by atoms with Gasteiger partial charge in [0.2, 0.25) is 0 Å². The zero-order valence-electron chi connectivity index (χ0n) is 18.4. The summed E-state index contributed by atoms with van der Waals surface area (Å²) in [5.41, 5.74) is 1.89. The third-order valence-corrected chi connectivity index (χ3v) is 6.77. The van der Waals surface area contributed by atoms with Crippen LogP contribution in [0, 0.1) is 11.8 Å². The van der Waals surface area contributed by atoms with Crippen molar-refractivity contribution in [3.8, 4) is 11.5 Å². The van der Waals surface area contributed by atoms with Crippen molar-refractivity contribution >= 4 is 28.7 Å². The number of carbonyl (C=O) groups is 2. The number of carbonyl (C=O) groups excluding carboxylic acids is 2. The van der Waals surface area contributed by atoms with Gasteiger partial charge in [0.15, 0.2) is 11.5 Å². The van der Waals surface area contributed by atoms with Crippen LogP contribution < -0.4 is 9.47 Å². The second-order valence-electron chi connectivity index (χ2n) is 8.44. The Morgan fingerprint density at radius 3 is 2.32 bits per heavy atom. The quantitative estimate of drug-likeness (QED) is 0.635. The van der Waals surface area contributed by atoms with Crippen LogP contribution in [0.4, 0.5) is 0 Å². The van der Waals surface area contributed by atoms with Gasteiger partial charge in [-0.15, -0.1) is 11.3 Å². The molecule has 0 N–H and O–H groups in total. The van der Waals surface area contributed by atoms with Crippen molar-refractivity contribution in [3.05, 3.63) is 51.8 Å². The number of amides is 2. The van der Waals surface area contributed by atoms with E-state index in [1.54, 1.807) is 20.3 Å². The van der Waals surface area contributed by atoms with E-state index in [9.17, 15) is 9.59 Å². The van der Waals surface area contributed by atoms with Crippen LogP contribution in [-0.2, 0) is 16.1 Å². The summed E-state index contributed by atoms with van der Waals surface area (Å²) < 4.78 is 10.7. The maximum Gasteiger partial charge on any atom is 0.278 e. The third kappa shape index (κ3) is 4.06. The highest BCUT2D eigenvalue weighted by Gasteiger charge is 2.43. The molecule has 2 unspecified atom stereocenters. The predicted octanol–water partition coefficient (Wildman–Crippen LogP) is 4.02. The van der Waals surface area contributed by atoms with E-state index >= 15 is 0 Å². The Balaban J connectivity index is 1.69. The van der Waals surface area contributed by atoms with Gasteiger partial charge in [0, 0.05) is 18.0 Å². The van der Waals surface area contributed by atoms with E-state index < -0.39 is 0 Å². The van der Waals surface area contributed by atoms with Crippen LogP contribution in [0.2, 0.25) is 0 Å². The van der Waals surface area contributed by atoms with Crippen molar-refractivity contribution < 1.29 is 19.1 Å². The van der Waals surface area contributed by atoms with Crippen molar-refractivity contribution in [3.63, 3.8) is 0 Å². The lowest BCUT2D eigenvalue weighted by atomic mass is 9.91. The van der Waals surface area contributed by atoms with Gasteiger partial charge in [0.1, 0.15) is 5.70 Å². The Morgan fingerprint density at radius 1 is 1.00 bits per heavy atom. The molecule has 2 aliphatic heterocycles. The minimum atomic E-state index is -0.233.